The smallest absolute Gasteiger partial charge is 0.209 e. The van der Waals surface area contributed by atoms with Gasteiger partial charge in [-0.2, -0.15) is 4.80 Å². The Morgan fingerprint density at radius 1 is 1.31 bits per heavy atom. The summed E-state index contributed by atoms with van der Waals surface area (Å²) in [6, 6.07) is 0. The van der Waals surface area contributed by atoms with E-state index in [4.69, 9.17) is 5.11 Å². The fourth-order valence-corrected chi connectivity index (χ4v) is 1.79. The molecule has 86 valence electrons. The van der Waals surface area contributed by atoms with Gasteiger partial charge in [0.2, 0.25) is 5.16 Å². The second-order valence-corrected chi connectivity index (χ2v) is 3.83. The average Bonchev–Trinajstić information content (AvgIpc) is 2.85. The molecular weight excluding hydrogens is 232 g/mol. The van der Waals surface area contributed by atoms with E-state index in [0.717, 1.165) is 0 Å². The second-order valence-electron chi connectivity index (χ2n) is 2.89. The Kier molecular flexibility index (Phi) is 3.41. The maximum Gasteiger partial charge on any atom is 0.209 e. The van der Waals surface area contributed by atoms with Crippen LogP contribution in [0.3, 0.4) is 0 Å². The number of hydrogen-bond donors (Lipinski definition) is 1. The van der Waals surface area contributed by atoms with E-state index in [2.05, 4.69) is 30.9 Å². The van der Waals surface area contributed by atoms with Crippen molar-refractivity contribution in [1.29, 1.82) is 0 Å². The van der Waals surface area contributed by atoms with Crippen LogP contribution < -0.4 is 0 Å². The molecule has 0 unspecified atom stereocenters. The molecule has 0 atom stereocenters. The van der Waals surface area contributed by atoms with Gasteiger partial charge in [0.1, 0.15) is 0 Å². The number of tetrazole rings is 2. The first-order chi connectivity index (χ1) is 7.79. The van der Waals surface area contributed by atoms with Crippen LogP contribution in [-0.4, -0.2) is 52.1 Å². The lowest BCUT2D eigenvalue weighted by Gasteiger charge is -1.99. The van der Waals surface area contributed by atoms with Crippen LogP contribution in [0.4, 0.5) is 0 Å². The minimum absolute atomic E-state index is 0.00198. The van der Waals surface area contributed by atoms with Crippen LogP contribution in [0, 0.1) is 0 Å². The maximum atomic E-state index is 8.79. The van der Waals surface area contributed by atoms with Crippen molar-refractivity contribution in [3.8, 4) is 0 Å². The van der Waals surface area contributed by atoms with Gasteiger partial charge in [0, 0.05) is 0 Å². The summed E-state index contributed by atoms with van der Waals surface area (Å²) in [5.74, 6) is 1.16. The molecule has 0 saturated heterocycles. The Hall–Kier alpha value is -1.55. The highest BCUT2D eigenvalue weighted by Gasteiger charge is 2.08. The van der Waals surface area contributed by atoms with E-state index in [-0.39, 0.29) is 6.61 Å². The summed E-state index contributed by atoms with van der Waals surface area (Å²) in [4.78, 5) is 1.40. The molecule has 0 aromatic carbocycles. The number of rotatable bonds is 5. The number of aromatic nitrogens is 8. The summed E-state index contributed by atoms with van der Waals surface area (Å²) in [6.45, 7) is 0.380. The van der Waals surface area contributed by atoms with Gasteiger partial charge >= 0.3 is 0 Å². The lowest BCUT2D eigenvalue weighted by molar-refractivity contribution is 0.262. The number of aryl methyl sites for hydroxylation is 1. The fourth-order valence-electron chi connectivity index (χ4n) is 1.05. The molecule has 2 rings (SSSR count). The van der Waals surface area contributed by atoms with Gasteiger partial charge in [-0.25, -0.2) is 4.68 Å². The fraction of sp³-hybridized carbons (Fsp3) is 0.667. The van der Waals surface area contributed by atoms with E-state index in [1.807, 2.05) is 0 Å². The molecule has 0 fully saturated rings. The molecule has 0 saturated carbocycles. The van der Waals surface area contributed by atoms with Gasteiger partial charge < -0.3 is 5.11 Å². The molecule has 0 bridgehead atoms. The zero-order valence-corrected chi connectivity index (χ0v) is 9.37. The van der Waals surface area contributed by atoms with Crippen molar-refractivity contribution in [3.63, 3.8) is 0 Å². The van der Waals surface area contributed by atoms with Crippen LogP contribution in [0.25, 0.3) is 0 Å². The van der Waals surface area contributed by atoms with Gasteiger partial charge in [0.25, 0.3) is 0 Å². The number of hydrogen-bond acceptors (Lipinski definition) is 8. The van der Waals surface area contributed by atoms with Crippen molar-refractivity contribution in [3.05, 3.63) is 5.82 Å². The van der Waals surface area contributed by atoms with Gasteiger partial charge in [-0.15, -0.1) is 15.3 Å². The molecule has 16 heavy (non-hydrogen) atoms. The predicted octanol–water partition coefficient (Wildman–Crippen LogP) is -1.52. The van der Waals surface area contributed by atoms with E-state index in [1.54, 1.807) is 7.05 Å². The van der Waals surface area contributed by atoms with E-state index >= 15 is 0 Å². The highest BCUT2D eigenvalue weighted by Crippen LogP contribution is 2.16. The van der Waals surface area contributed by atoms with Crippen molar-refractivity contribution in [2.24, 2.45) is 7.05 Å². The molecule has 0 spiro atoms. The Labute approximate surface area is 94.8 Å². The van der Waals surface area contributed by atoms with Crippen LogP contribution in [-0.2, 0) is 19.3 Å². The Balaban J connectivity index is 1.96. The molecule has 0 radical (unpaired) electrons. The maximum absolute atomic E-state index is 8.79. The third kappa shape index (κ3) is 2.52. The Morgan fingerprint density at radius 3 is 2.88 bits per heavy atom. The standard InChI is InChI=1S/C6H10N8OS/c1-13-9-5(7-11-13)4-16-6-8-10-12-14(6)2-3-15/h15H,2-4H2,1H3. The second kappa shape index (κ2) is 4.99. The lowest BCUT2D eigenvalue weighted by Crippen LogP contribution is -2.05. The van der Waals surface area contributed by atoms with Crippen molar-refractivity contribution in [1.82, 2.24) is 40.4 Å². The predicted molar refractivity (Wildman–Crippen MR) is 53.3 cm³/mol. The molecule has 0 aliphatic carbocycles. The number of aliphatic hydroxyl groups is 1. The van der Waals surface area contributed by atoms with E-state index < -0.39 is 0 Å². The third-order valence-corrected chi connectivity index (χ3v) is 2.64. The summed E-state index contributed by atoms with van der Waals surface area (Å²) in [5, 5.41) is 32.1. The number of thioether (sulfide) groups is 1. The van der Waals surface area contributed by atoms with Crippen molar-refractivity contribution >= 4 is 11.8 Å². The number of nitrogens with zero attached hydrogens (tertiary/aromatic N) is 8. The average molecular weight is 242 g/mol. The van der Waals surface area contributed by atoms with Gasteiger partial charge in [-0.3, -0.25) is 0 Å². The molecule has 2 aromatic heterocycles. The highest BCUT2D eigenvalue weighted by atomic mass is 32.2. The molecule has 0 aliphatic heterocycles. The SMILES string of the molecule is Cn1nnc(CSc2nnnn2CCO)n1. The summed E-state index contributed by atoms with van der Waals surface area (Å²) in [7, 11) is 1.71. The molecular formula is C6H10N8OS. The quantitative estimate of drug-likeness (QED) is 0.630. The van der Waals surface area contributed by atoms with E-state index in [9.17, 15) is 0 Å². The summed E-state index contributed by atoms with van der Waals surface area (Å²) in [6.07, 6.45) is 0. The normalized spacial score (nSPS) is 10.9. The van der Waals surface area contributed by atoms with Crippen LogP contribution in [0.1, 0.15) is 5.82 Å². The van der Waals surface area contributed by atoms with Gasteiger partial charge in [-0.05, 0) is 15.6 Å². The first-order valence-corrected chi connectivity index (χ1v) is 5.51. The molecule has 1 N–H and O–H groups in total. The van der Waals surface area contributed by atoms with Gasteiger partial charge in [-0.1, -0.05) is 11.8 Å². The van der Waals surface area contributed by atoms with E-state index in [0.29, 0.717) is 23.3 Å². The molecule has 2 heterocycles. The van der Waals surface area contributed by atoms with Crippen LogP contribution in [0.15, 0.2) is 5.16 Å². The van der Waals surface area contributed by atoms with Crippen LogP contribution in [0.2, 0.25) is 0 Å². The first-order valence-electron chi connectivity index (χ1n) is 4.52. The minimum Gasteiger partial charge on any atom is -0.394 e. The summed E-state index contributed by atoms with van der Waals surface area (Å²) < 4.78 is 1.53. The number of aliphatic hydroxyl groups excluding tert-OH is 1. The van der Waals surface area contributed by atoms with Crippen molar-refractivity contribution < 1.29 is 5.11 Å². The lowest BCUT2D eigenvalue weighted by atomic mass is 10.7. The molecule has 0 amide bonds. The zero-order chi connectivity index (χ0) is 11.4. The van der Waals surface area contributed by atoms with E-state index in [1.165, 1.54) is 21.2 Å². The van der Waals surface area contributed by atoms with Crippen molar-refractivity contribution in [2.75, 3.05) is 6.61 Å². The topological polar surface area (TPSA) is 107 Å². The van der Waals surface area contributed by atoms with Crippen LogP contribution in [0.5, 0.6) is 0 Å². The monoisotopic (exact) mass is 242 g/mol. The molecule has 0 aliphatic rings. The third-order valence-electron chi connectivity index (χ3n) is 1.69. The molecule has 9 nitrogen and oxygen atoms in total. The van der Waals surface area contributed by atoms with Gasteiger partial charge in [0.15, 0.2) is 5.82 Å². The molecule has 10 heteroatoms. The highest BCUT2D eigenvalue weighted by molar-refractivity contribution is 7.98. The summed E-state index contributed by atoms with van der Waals surface area (Å²) >= 11 is 1.40. The largest absolute Gasteiger partial charge is 0.394 e. The zero-order valence-electron chi connectivity index (χ0n) is 8.55. The van der Waals surface area contributed by atoms with Crippen LogP contribution >= 0.6 is 11.8 Å². The summed E-state index contributed by atoms with van der Waals surface area (Å²) in [5.41, 5.74) is 0. The minimum atomic E-state index is 0.00198. The van der Waals surface area contributed by atoms with Crippen molar-refractivity contribution in [2.45, 2.75) is 17.5 Å². The molecule has 2 aromatic rings. The van der Waals surface area contributed by atoms with Gasteiger partial charge in [0.05, 0.1) is 26.0 Å². The Morgan fingerprint density at radius 2 is 2.19 bits per heavy atom. The Bertz CT molecular complexity index is 453. The first kappa shape index (κ1) is 11.0.